The normalized spacial score (nSPS) is 15.2. The topological polar surface area (TPSA) is 74.2 Å². The van der Waals surface area contributed by atoms with Crippen molar-refractivity contribution in [2.24, 2.45) is 5.92 Å². The van der Waals surface area contributed by atoms with Crippen LogP contribution in [0.4, 0.5) is 4.79 Å². The third-order valence-corrected chi connectivity index (χ3v) is 5.40. The SMILES string of the molecule is CCC(CCO)CNC(=O)NCCc1nc2c(s1)CCCC2. The zero-order valence-corrected chi connectivity index (χ0v) is 14.2. The number of carbonyl (C=O) groups excluding carboxylic acids is 1. The fourth-order valence-corrected chi connectivity index (χ4v) is 3.88. The lowest BCUT2D eigenvalue weighted by Crippen LogP contribution is -2.39. The molecular weight excluding hydrogens is 298 g/mol. The van der Waals surface area contributed by atoms with E-state index in [2.05, 4.69) is 22.5 Å². The van der Waals surface area contributed by atoms with Gasteiger partial charge in [0, 0.05) is 31.0 Å². The quantitative estimate of drug-likeness (QED) is 0.686. The minimum atomic E-state index is -0.127. The molecule has 0 fully saturated rings. The summed E-state index contributed by atoms with van der Waals surface area (Å²) in [5, 5.41) is 15.8. The number of rotatable bonds is 8. The molecule has 1 atom stereocenters. The Kier molecular flexibility index (Phi) is 7.12. The van der Waals surface area contributed by atoms with E-state index in [1.165, 1.54) is 29.8 Å². The molecular formula is C16H27N3O2S. The second-order valence-corrected chi connectivity index (χ2v) is 7.03. The van der Waals surface area contributed by atoms with Gasteiger partial charge in [-0.1, -0.05) is 13.3 Å². The van der Waals surface area contributed by atoms with E-state index >= 15 is 0 Å². The number of nitrogens with zero attached hydrogens (tertiary/aromatic N) is 1. The van der Waals surface area contributed by atoms with Crippen molar-refractivity contribution >= 4 is 17.4 Å². The number of hydrogen-bond acceptors (Lipinski definition) is 4. The first-order chi connectivity index (χ1) is 10.7. The Labute approximate surface area is 136 Å². The second kappa shape index (κ2) is 9.10. The Morgan fingerprint density at radius 1 is 1.36 bits per heavy atom. The summed E-state index contributed by atoms with van der Waals surface area (Å²) in [4.78, 5) is 17.9. The van der Waals surface area contributed by atoms with Crippen LogP contribution in [0.2, 0.25) is 0 Å². The number of urea groups is 1. The van der Waals surface area contributed by atoms with Crippen LogP contribution in [-0.2, 0) is 19.3 Å². The molecule has 2 rings (SSSR count). The minimum absolute atomic E-state index is 0.127. The summed E-state index contributed by atoms with van der Waals surface area (Å²) in [6.07, 6.45) is 7.32. The van der Waals surface area contributed by atoms with Gasteiger partial charge in [0.05, 0.1) is 10.7 Å². The van der Waals surface area contributed by atoms with Gasteiger partial charge in [-0.3, -0.25) is 0 Å². The number of aromatic nitrogens is 1. The monoisotopic (exact) mass is 325 g/mol. The molecule has 1 heterocycles. The van der Waals surface area contributed by atoms with Crippen LogP contribution in [0, 0.1) is 5.92 Å². The highest BCUT2D eigenvalue weighted by molar-refractivity contribution is 7.11. The van der Waals surface area contributed by atoms with Gasteiger partial charge in [-0.2, -0.15) is 0 Å². The number of fused-ring (bicyclic) bond motifs is 1. The summed E-state index contributed by atoms with van der Waals surface area (Å²) in [6, 6.07) is -0.127. The molecule has 6 heteroatoms. The highest BCUT2D eigenvalue weighted by atomic mass is 32.1. The molecule has 1 aromatic heterocycles. The number of hydrogen-bond donors (Lipinski definition) is 3. The molecule has 0 spiro atoms. The van der Waals surface area contributed by atoms with Crippen LogP contribution in [-0.4, -0.2) is 35.8 Å². The van der Waals surface area contributed by atoms with Crippen LogP contribution in [0.3, 0.4) is 0 Å². The largest absolute Gasteiger partial charge is 0.396 e. The van der Waals surface area contributed by atoms with E-state index in [4.69, 9.17) is 5.11 Å². The lowest BCUT2D eigenvalue weighted by molar-refractivity contribution is 0.231. The number of carbonyl (C=O) groups is 1. The Morgan fingerprint density at radius 3 is 2.91 bits per heavy atom. The Balaban J connectivity index is 1.65. The molecule has 0 saturated carbocycles. The molecule has 0 bridgehead atoms. The first kappa shape index (κ1) is 17.2. The van der Waals surface area contributed by atoms with Crippen LogP contribution in [0.5, 0.6) is 0 Å². The van der Waals surface area contributed by atoms with E-state index in [1.807, 2.05) is 0 Å². The number of aliphatic hydroxyl groups excluding tert-OH is 1. The number of thiazole rings is 1. The maximum atomic E-state index is 11.8. The van der Waals surface area contributed by atoms with Gasteiger partial charge < -0.3 is 15.7 Å². The minimum Gasteiger partial charge on any atom is -0.396 e. The average molecular weight is 325 g/mol. The van der Waals surface area contributed by atoms with Crippen molar-refractivity contribution in [3.05, 3.63) is 15.6 Å². The van der Waals surface area contributed by atoms with Crippen molar-refractivity contribution in [3.63, 3.8) is 0 Å². The van der Waals surface area contributed by atoms with Crippen LogP contribution in [0.15, 0.2) is 0 Å². The third kappa shape index (κ3) is 5.25. The van der Waals surface area contributed by atoms with E-state index in [0.29, 0.717) is 19.0 Å². The molecule has 22 heavy (non-hydrogen) atoms. The Morgan fingerprint density at radius 2 is 2.18 bits per heavy atom. The van der Waals surface area contributed by atoms with Crippen molar-refractivity contribution in [1.82, 2.24) is 15.6 Å². The molecule has 3 N–H and O–H groups in total. The third-order valence-electron chi connectivity index (χ3n) is 4.18. The van der Waals surface area contributed by atoms with Gasteiger partial charge >= 0.3 is 6.03 Å². The fraction of sp³-hybridized carbons (Fsp3) is 0.750. The Hall–Kier alpha value is -1.14. The second-order valence-electron chi connectivity index (χ2n) is 5.86. The summed E-state index contributed by atoms with van der Waals surface area (Å²) in [6.45, 7) is 3.49. The van der Waals surface area contributed by atoms with E-state index in [0.717, 1.165) is 30.7 Å². The van der Waals surface area contributed by atoms with Crippen LogP contribution >= 0.6 is 11.3 Å². The number of aliphatic hydroxyl groups is 1. The molecule has 1 unspecified atom stereocenters. The zero-order chi connectivity index (χ0) is 15.8. The fourth-order valence-electron chi connectivity index (χ4n) is 2.73. The summed E-state index contributed by atoms with van der Waals surface area (Å²) >= 11 is 1.80. The smallest absolute Gasteiger partial charge is 0.314 e. The van der Waals surface area contributed by atoms with Crippen molar-refractivity contribution < 1.29 is 9.90 Å². The van der Waals surface area contributed by atoms with Gasteiger partial charge in [-0.15, -0.1) is 11.3 Å². The summed E-state index contributed by atoms with van der Waals surface area (Å²) in [7, 11) is 0. The van der Waals surface area contributed by atoms with Crippen molar-refractivity contribution in [3.8, 4) is 0 Å². The van der Waals surface area contributed by atoms with Gasteiger partial charge in [-0.05, 0) is 38.0 Å². The number of aryl methyl sites for hydroxylation is 2. The van der Waals surface area contributed by atoms with Gasteiger partial charge in [0.2, 0.25) is 0 Å². The molecule has 2 amide bonds. The van der Waals surface area contributed by atoms with Crippen LogP contribution in [0.1, 0.15) is 48.2 Å². The molecule has 1 aliphatic carbocycles. The highest BCUT2D eigenvalue weighted by Crippen LogP contribution is 2.26. The lowest BCUT2D eigenvalue weighted by atomic mass is 10.0. The van der Waals surface area contributed by atoms with Crippen molar-refractivity contribution in [2.45, 2.75) is 51.9 Å². The van der Waals surface area contributed by atoms with Gasteiger partial charge in [0.15, 0.2) is 0 Å². The first-order valence-corrected chi connectivity index (χ1v) is 9.14. The summed E-state index contributed by atoms with van der Waals surface area (Å²) < 4.78 is 0. The van der Waals surface area contributed by atoms with Gasteiger partial charge in [-0.25, -0.2) is 9.78 Å². The number of amides is 2. The molecule has 5 nitrogen and oxygen atoms in total. The predicted octanol–water partition coefficient (Wildman–Crippen LogP) is 2.27. The maximum Gasteiger partial charge on any atom is 0.314 e. The summed E-state index contributed by atoms with van der Waals surface area (Å²) in [5.41, 5.74) is 1.28. The van der Waals surface area contributed by atoms with E-state index in [-0.39, 0.29) is 12.6 Å². The van der Waals surface area contributed by atoms with Crippen molar-refractivity contribution in [1.29, 1.82) is 0 Å². The number of nitrogens with one attached hydrogen (secondary N) is 2. The molecule has 0 saturated heterocycles. The van der Waals surface area contributed by atoms with E-state index in [9.17, 15) is 4.79 Å². The standard InChI is InChI=1S/C16H27N3O2S/c1-2-12(8-10-20)11-18-16(21)17-9-7-15-19-13-5-3-4-6-14(13)22-15/h12,20H,2-11H2,1H3,(H2,17,18,21). The molecule has 0 aromatic carbocycles. The highest BCUT2D eigenvalue weighted by Gasteiger charge is 2.15. The van der Waals surface area contributed by atoms with E-state index in [1.54, 1.807) is 11.3 Å². The van der Waals surface area contributed by atoms with Crippen molar-refractivity contribution in [2.75, 3.05) is 19.7 Å². The molecule has 1 aromatic rings. The average Bonchev–Trinajstić information content (AvgIpc) is 2.94. The van der Waals surface area contributed by atoms with Crippen LogP contribution < -0.4 is 10.6 Å². The van der Waals surface area contributed by atoms with Crippen LogP contribution in [0.25, 0.3) is 0 Å². The van der Waals surface area contributed by atoms with E-state index < -0.39 is 0 Å². The summed E-state index contributed by atoms with van der Waals surface area (Å²) in [5.74, 6) is 0.349. The predicted molar refractivity (Wildman–Crippen MR) is 89.3 cm³/mol. The first-order valence-electron chi connectivity index (χ1n) is 8.33. The molecule has 0 aliphatic heterocycles. The van der Waals surface area contributed by atoms with Gasteiger partial charge in [0.25, 0.3) is 0 Å². The molecule has 1 aliphatic rings. The molecule has 124 valence electrons. The lowest BCUT2D eigenvalue weighted by Gasteiger charge is -2.14. The Bertz CT molecular complexity index is 452. The maximum absolute atomic E-state index is 11.8. The zero-order valence-electron chi connectivity index (χ0n) is 13.4. The van der Waals surface area contributed by atoms with Gasteiger partial charge in [0.1, 0.15) is 0 Å². The molecule has 0 radical (unpaired) electrons.